The lowest BCUT2D eigenvalue weighted by Gasteiger charge is -2.23. The maximum Gasteiger partial charge on any atom is 0.227 e. The maximum atomic E-state index is 12.5. The van der Waals surface area contributed by atoms with Gasteiger partial charge in [-0.3, -0.25) is 4.79 Å². The van der Waals surface area contributed by atoms with E-state index in [1.54, 1.807) is 14.2 Å². The summed E-state index contributed by atoms with van der Waals surface area (Å²) in [5.74, 6) is 1.46. The van der Waals surface area contributed by atoms with E-state index in [4.69, 9.17) is 15.2 Å². The molecule has 1 aromatic rings. The second-order valence-corrected chi connectivity index (χ2v) is 5.90. The highest BCUT2D eigenvalue weighted by molar-refractivity contribution is 5.80. The summed E-state index contributed by atoms with van der Waals surface area (Å²) < 4.78 is 10.7. The lowest BCUT2D eigenvalue weighted by atomic mass is 9.90. The fourth-order valence-electron chi connectivity index (χ4n) is 2.77. The van der Waals surface area contributed by atoms with Gasteiger partial charge in [0.15, 0.2) is 0 Å². The quantitative estimate of drug-likeness (QED) is 0.892. The smallest absolute Gasteiger partial charge is 0.227 e. The largest absolute Gasteiger partial charge is 0.496 e. The standard InChI is InChI=1S/C16H24N2O3/c1-16(10-17)7-8-18(11-16)15(19)9-12-13(20-2)5-4-6-14(12)21-3/h4-6H,7-11,17H2,1-3H3. The number of nitrogens with two attached hydrogens (primary N) is 1. The fraction of sp³-hybridized carbons (Fsp3) is 0.562. The highest BCUT2D eigenvalue weighted by Crippen LogP contribution is 2.32. The molecule has 1 aliphatic rings. The van der Waals surface area contributed by atoms with Gasteiger partial charge in [-0.1, -0.05) is 13.0 Å². The molecule has 0 saturated carbocycles. The van der Waals surface area contributed by atoms with Crippen molar-refractivity contribution in [2.24, 2.45) is 11.1 Å². The van der Waals surface area contributed by atoms with E-state index in [9.17, 15) is 4.79 Å². The van der Waals surface area contributed by atoms with Gasteiger partial charge in [-0.05, 0) is 30.5 Å². The van der Waals surface area contributed by atoms with Crippen molar-refractivity contribution < 1.29 is 14.3 Å². The minimum atomic E-state index is 0.0422. The number of rotatable bonds is 5. The van der Waals surface area contributed by atoms with Crippen LogP contribution in [0, 0.1) is 5.41 Å². The monoisotopic (exact) mass is 292 g/mol. The number of likely N-dealkylation sites (tertiary alicyclic amines) is 1. The van der Waals surface area contributed by atoms with Gasteiger partial charge in [0.1, 0.15) is 11.5 Å². The second kappa shape index (κ2) is 6.35. The molecule has 1 saturated heterocycles. The van der Waals surface area contributed by atoms with Gasteiger partial charge in [0, 0.05) is 18.7 Å². The molecule has 0 radical (unpaired) electrons. The van der Waals surface area contributed by atoms with E-state index in [-0.39, 0.29) is 17.7 Å². The Morgan fingerprint density at radius 2 is 1.95 bits per heavy atom. The van der Waals surface area contributed by atoms with Crippen molar-refractivity contribution in [2.75, 3.05) is 33.9 Å². The summed E-state index contributed by atoms with van der Waals surface area (Å²) in [4.78, 5) is 14.4. The highest BCUT2D eigenvalue weighted by Gasteiger charge is 2.35. The van der Waals surface area contributed by atoms with Crippen molar-refractivity contribution in [1.82, 2.24) is 4.90 Å². The third kappa shape index (κ3) is 3.29. The van der Waals surface area contributed by atoms with E-state index in [0.29, 0.717) is 18.0 Å². The number of carbonyl (C=O) groups is 1. The van der Waals surface area contributed by atoms with E-state index in [1.807, 2.05) is 23.1 Å². The molecule has 1 aromatic carbocycles. The molecule has 1 amide bonds. The van der Waals surface area contributed by atoms with Crippen LogP contribution in [0.4, 0.5) is 0 Å². The van der Waals surface area contributed by atoms with Crippen LogP contribution in [0.5, 0.6) is 11.5 Å². The molecule has 0 aromatic heterocycles. The van der Waals surface area contributed by atoms with Gasteiger partial charge in [0.05, 0.1) is 20.6 Å². The molecule has 1 fully saturated rings. The Hall–Kier alpha value is -1.75. The van der Waals surface area contributed by atoms with Crippen LogP contribution in [0.1, 0.15) is 18.9 Å². The molecule has 5 nitrogen and oxygen atoms in total. The van der Waals surface area contributed by atoms with Gasteiger partial charge in [-0.15, -0.1) is 0 Å². The van der Waals surface area contributed by atoms with Gasteiger partial charge in [-0.25, -0.2) is 0 Å². The fourth-order valence-corrected chi connectivity index (χ4v) is 2.77. The Morgan fingerprint density at radius 3 is 2.43 bits per heavy atom. The predicted molar refractivity (Wildman–Crippen MR) is 81.6 cm³/mol. The van der Waals surface area contributed by atoms with E-state index in [1.165, 1.54) is 0 Å². The summed E-state index contributed by atoms with van der Waals surface area (Å²) in [6, 6.07) is 5.55. The lowest BCUT2D eigenvalue weighted by Crippen LogP contribution is -2.35. The minimum absolute atomic E-state index is 0.0422. The van der Waals surface area contributed by atoms with Gasteiger partial charge in [-0.2, -0.15) is 0 Å². The van der Waals surface area contributed by atoms with Crippen LogP contribution in [0.15, 0.2) is 18.2 Å². The molecular weight excluding hydrogens is 268 g/mol. The van der Waals surface area contributed by atoms with Crippen LogP contribution in [-0.2, 0) is 11.2 Å². The average Bonchev–Trinajstić information content (AvgIpc) is 2.90. The molecule has 1 atom stereocenters. The van der Waals surface area contributed by atoms with Gasteiger partial charge >= 0.3 is 0 Å². The SMILES string of the molecule is COc1cccc(OC)c1CC(=O)N1CCC(C)(CN)C1. The third-order valence-corrected chi connectivity index (χ3v) is 4.26. The number of hydrogen-bond donors (Lipinski definition) is 1. The van der Waals surface area contributed by atoms with Gasteiger partial charge in [0.2, 0.25) is 5.91 Å². The summed E-state index contributed by atoms with van der Waals surface area (Å²) in [6.45, 7) is 4.22. The summed E-state index contributed by atoms with van der Waals surface area (Å²) in [6.07, 6.45) is 1.24. The Bertz CT molecular complexity index is 496. The molecule has 0 spiro atoms. The van der Waals surface area contributed by atoms with E-state index < -0.39 is 0 Å². The highest BCUT2D eigenvalue weighted by atomic mass is 16.5. The van der Waals surface area contributed by atoms with Crippen LogP contribution >= 0.6 is 0 Å². The molecule has 1 unspecified atom stereocenters. The summed E-state index contributed by atoms with van der Waals surface area (Å²) in [5.41, 5.74) is 6.64. The molecule has 2 rings (SSSR count). The molecule has 1 aliphatic heterocycles. The molecule has 5 heteroatoms. The average molecular weight is 292 g/mol. The van der Waals surface area contributed by atoms with E-state index in [2.05, 4.69) is 6.92 Å². The van der Waals surface area contributed by atoms with E-state index >= 15 is 0 Å². The first-order chi connectivity index (χ1) is 10.0. The lowest BCUT2D eigenvalue weighted by molar-refractivity contribution is -0.129. The van der Waals surface area contributed by atoms with Crippen LogP contribution in [0.25, 0.3) is 0 Å². The van der Waals surface area contributed by atoms with Crippen molar-refractivity contribution in [3.8, 4) is 11.5 Å². The summed E-state index contributed by atoms with van der Waals surface area (Å²) in [5, 5.41) is 0. The Balaban J connectivity index is 2.14. The molecule has 0 aliphatic carbocycles. The topological polar surface area (TPSA) is 64.8 Å². The number of nitrogens with zero attached hydrogens (tertiary/aromatic N) is 1. The Labute approximate surface area is 126 Å². The molecule has 2 N–H and O–H groups in total. The normalized spacial score (nSPS) is 21.4. The molecule has 0 bridgehead atoms. The Morgan fingerprint density at radius 1 is 1.33 bits per heavy atom. The van der Waals surface area contributed by atoms with Crippen molar-refractivity contribution in [3.63, 3.8) is 0 Å². The number of benzene rings is 1. The number of carbonyl (C=O) groups excluding carboxylic acids is 1. The first-order valence-corrected chi connectivity index (χ1v) is 7.20. The van der Waals surface area contributed by atoms with Crippen molar-refractivity contribution in [1.29, 1.82) is 0 Å². The number of hydrogen-bond acceptors (Lipinski definition) is 4. The van der Waals surface area contributed by atoms with E-state index in [0.717, 1.165) is 25.1 Å². The number of amides is 1. The zero-order chi connectivity index (χ0) is 15.5. The first kappa shape index (κ1) is 15.6. The van der Waals surface area contributed by atoms with Crippen molar-refractivity contribution in [2.45, 2.75) is 19.8 Å². The Kier molecular flexibility index (Phi) is 4.73. The number of methoxy groups -OCH3 is 2. The maximum absolute atomic E-state index is 12.5. The number of ether oxygens (including phenoxy) is 2. The summed E-state index contributed by atoms with van der Waals surface area (Å²) >= 11 is 0. The zero-order valence-corrected chi connectivity index (χ0v) is 13.0. The second-order valence-electron chi connectivity index (χ2n) is 5.90. The van der Waals surface area contributed by atoms with Crippen molar-refractivity contribution >= 4 is 5.91 Å². The molecule has 116 valence electrons. The molecule has 1 heterocycles. The van der Waals surface area contributed by atoms with Crippen LogP contribution < -0.4 is 15.2 Å². The van der Waals surface area contributed by atoms with Crippen LogP contribution in [-0.4, -0.2) is 44.7 Å². The minimum Gasteiger partial charge on any atom is -0.496 e. The van der Waals surface area contributed by atoms with Crippen LogP contribution in [0.2, 0.25) is 0 Å². The zero-order valence-electron chi connectivity index (χ0n) is 13.0. The van der Waals surface area contributed by atoms with Gasteiger partial charge < -0.3 is 20.1 Å². The van der Waals surface area contributed by atoms with Crippen molar-refractivity contribution in [3.05, 3.63) is 23.8 Å². The first-order valence-electron chi connectivity index (χ1n) is 7.20. The van der Waals surface area contributed by atoms with Gasteiger partial charge in [0.25, 0.3) is 0 Å². The molecular formula is C16H24N2O3. The third-order valence-electron chi connectivity index (χ3n) is 4.26. The predicted octanol–water partition coefficient (Wildman–Crippen LogP) is 1.44. The van der Waals surface area contributed by atoms with Crippen LogP contribution in [0.3, 0.4) is 0 Å². The summed E-state index contributed by atoms with van der Waals surface area (Å²) in [7, 11) is 3.20. The molecule has 21 heavy (non-hydrogen) atoms.